The van der Waals surface area contributed by atoms with Gasteiger partial charge in [0.25, 0.3) is 0 Å². The van der Waals surface area contributed by atoms with Crippen molar-refractivity contribution in [1.29, 1.82) is 0 Å². The number of phenols is 1. The number of rotatable bonds is 8. The molecular weight excluding hydrogens is 410 g/mol. The zero-order chi connectivity index (χ0) is 21.9. The van der Waals surface area contributed by atoms with Gasteiger partial charge in [0.1, 0.15) is 4.90 Å². The highest BCUT2D eigenvalue weighted by atomic mass is 32.2. The van der Waals surface area contributed by atoms with Gasteiger partial charge >= 0.3 is 11.6 Å². The quantitative estimate of drug-likeness (QED) is 0.364. The van der Waals surface area contributed by atoms with Crippen molar-refractivity contribution in [3.63, 3.8) is 0 Å². The third-order valence-electron chi connectivity index (χ3n) is 4.54. The van der Waals surface area contributed by atoms with Gasteiger partial charge in [-0.25, -0.2) is 12.7 Å². The van der Waals surface area contributed by atoms with E-state index in [2.05, 4.69) is 15.8 Å². The Morgan fingerprint density at radius 3 is 2.53 bits per heavy atom. The summed E-state index contributed by atoms with van der Waals surface area (Å²) in [5, 5.41) is 32.2. The van der Waals surface area contributed by atoms with Crippen LogP contribution in [0.15, 0.2) is 58.1 Å². The van der Waals surface area contributed by atoms with Crippen molar-refractivity contribution in [2.75, 3.05) is 24.7 Å². The molecule has 160 valence electrons. The fourth-order valence-corrected chi connectivity index (χ4v) is 3.88. The molecule has 30 heavy (non-hydrogen) atoms. The molecule has 2 aromatic carbocycles. The maximum absolute atomic E-state index is 12.4. The van der Waals surface area contributed by atoms with Crippen molar-refractivity contribution >= 4 is 27.3 Å². The smallest absolute Gasteiger partial charge is 0.320 e. The Bertz CT molecular complexity index is 1120. The van der Waals surface area contributed by atoms with Crippen molar-refractivity contribution in [3.05, 3.63) is 59.3 Å². The van der Waals surface area contributed by atoms with Crippen LogP contribution < -0.4 is 15.5 Å². The lowest BCUT2D eigenvalue weighted by molar-refractivity contribution is -0.791. The molecule has 0 fully saturated rings. The third kappa shape index (κ3) is 4.16. The maximum atomic E-state index is 12.4. The van der Waals surface area contributed by atoms with Gasteiger partial charge in [0, 0.05) is 14.1 Å². The maximum Gasteiger partial charge on any atom is 0.320 e. The van der Waals surface area contributed by atoms with Gasteiger partial charge < -0.3 is 20.3 Å². The molecule has 0 unspecified atom stereocenters. The average Bonchev–Trinajstić information content (AvgIpc) is 3.07. The molecule has 0 amide bonds. The zero-order valence-corrected chi connectivity index (χ0v) is 17.5. The minimum Gasteiger partial charge on any atom is -0.504 e. The molecule has 0 aliphatic carbocycles. The van der Waals surface area contributed by atoms with Gasteiger partial charge in [-0.2, -0.15) is 0 Å². The van der Waals surface area contributed by atoms with Gasteiger partial charge in [-0.05, 0) is 29.3 Å². The highest BCUT2D eigenvalue weighted by Gasteiger charge is 2.26. The number of aromatic hydroxyl groups is 1. The van der Waals surface area contributed by atoms with Crippen molar-refractivity contribution in [2.45, 2.75) is 24.3 Å². The van der Waals surface area contributed by atoms with E-state index >= 15 is 0 Å². The predicted molar refractivity (Wildman–Crippen MR) is 111 cm³/mol. The number of aromatic nitrogens is 2. The van der Waals surface area contributed by atoms with E-state index in [1.165, 1.54) is 32.3 Å². The van der Waals surface area contributed by atoms with Gasteiger partial charge in [-0.15, -0.1) is 0 Å². The van der Waals surface area contributed by atoms with E-state index < -0.39 is 15.8 Å². The monoisotopic (exact) mass is 433 g/mol. The molecule has 0 aliphatic rings. The number of anilines is 3. The van der Waals surface area contributed by atoms with Crippen molar-refractivity contribution < 1.29 is 23.1 Å². The van der Waals surface area contributed by atoms with Crippen LogP contribution in [-0.4, -0.2) is 37.1 Å². The lowest BCUT2D eigenvalue weighted by Gasteiger charge is -2.16. The van der Waals surface area contributed by atoms with Gasteiger partial charge in [0.2, 0.25) is 10.0 Å². The van der Waals surface area contributed by atoms with E-state index in [-0.39, 0.29) is 33.2 Å². The first-order valence-corrected chi connectivity index (χ1v) is 10.6. The first-order valence-electron chi connectivity index (χ1n) is 9.18. The standard InChI is InChI=1S/C19H23N5O5S/c1-4-14(13-9-6-5-7-10-13)21-19-18(22-29-24(19)26)20-15-11-8-12-16(17(15)25)30(27,28)23(2)3/h5-12,14,21,25H,4H2,1-3H3,(H,20,22)/t14-/m1/s1. The summed E-state index contributed by atoms with van der Waals surface area (Å²) in [4.78, 5) is -0.0630. The summed E-state index contributed by atoms with van der Waals surface area (Å²) in [6.07, 6.45) is 0.677. The minimum atomic E-state index is -3.87. The molecule has 3 rings (SSSR count). The number of sulfonamides is 1. The second kappa shape index (κ2) is 8.59. The third-order valence-corrected chi connectivity index (χ3v) is 6.39. The summed E-state index contributed by atoms with van der Waals surface area (Å²) >= 11 is 0. The highest BCUT2D eigenvalue weighted by molar-refractivity contribution is 7.89. The Labute approximate surface area is 174 Å². The van der Waals surface area contributed by atoms with E-state index in [1.807, 2.05) is 37.3 Å². The Hall–Kier alpha value is -3.31. The van der Waals surface area contributed by atoms with Crippen LogP contribution in [0.2, 0.25) is 0 Å². The summed E-state index contributed by atoms with van der Waals surface area (Å²) < 4.78 is 30.5. The SMILES string of the molecule is CC[C@@H](Nc1c(Nc2cccc(S(=O)(=O)N(C)C)c2O)no[n+]1[O-])c1ccccc1. The zero-order valence-electron chi connectivity index (χ0n) is 16.7. The van der Waals surface area contributed by atoms with Gasteiger partial charge in [-0.1, -0.05) is 48.2 Å². The average molecular weight is 433 g/mol. The van der Waals surface area contributed by atoms with Crippen molar-refractivity contribution in [1.82, 2.24) is 9.46 Å². The predicted octanol–water partition coefficient (Wildman–Crippen LogP) is 2.57. The van der Waals surface area contributed by atoms with E-state index in [0.29, 0.717) is 6.42 Å². The Kier molecular flexibility index (Phi) is 6.13. The van der Waals surface area contributed by atoms with Crippen LogP contribution in [-0.2, 0) is 10.0 Å². The number of hydrogen-bond donors (Lipinski definition) is 3. The van der Waals surface area contributed by atoms with E-state index in [0.717, 1.165) is 9.87 Å². The lowest BCUT2D eigenvalue weighted by atomic mass is 10.0. The molecular formula is C19H23N5O5S. The summed E-state index contributed by atoms with van der Waals surface area (Å²) in [6, 6.07) is 13.6. The van der Waals surface area contributed by atoms with E-state index in [1.54, 1.807) is 0 Å². The van der Waals surface area contributed by atoms with E-state index in [9.17, 15) is 18.7 Å². The van der Waals surface area contributed by atoms with Gasteiger partial charge in [0.15, 0.2) is 5.75 Å². The molecule has 11 heteroatoms. The first-order chi connectivity index (χ1) is 14.3. The number of phenolic OH excluding ortho intramolecular Hbond substituents is 1. The summed E-state index contributed by atoms with van der Waals surface area (Å²) in [7, 11) is -1.14. The topological polar surface area (TPSA) is 135 Å². The Morgan fingerprint density at radius 1 is 1.20 bits per heavy atom. The summed E-state index contributed by atoms with van der Waals surface area (Å²) in [6.45, 7) is 1.96. The molecule has 0 aliphatic heterocycles. The number of hydrogen-bond acceptors (Lipinski definition) is 8. The molecule has 1 heterocycles. The largest absolute Gasteiger partial charge is 0.504 e. The molecule has 0 saturated heterocycles. The minimum absolute atomic E-state index is 0.00553. The lowest BCUT2D eigenvalue weighted by Crippen LogP contribution is -2.29. The highest BCUT2D eigenvalue weighted by Crippen LogP contribution is 2.35. The second-order valence-corrected chi connectivity index (χ2v) is 8.83. The fraction of sp³-hybridized carbons (Fsp3) is 0.263. The molecule has 0 bridgehead atoms. The summed E-state index contributed by atoms with van der Waals surface area (Å²) in [5.74, 6) is -0.479. The molecule has 3 aromatic rings. The number of benzene rings is 2. The Balaban J connectivity index is 1.93. The molecule has 1 aromatic heterocycles. The normalized spacial score (nSPS) is 12.7. The van der Waals surface area contributed by atoms with Crippen LogP contribution in [0.1, 0.15) is 24.9 Å². The Morgan fingerprint density at radius 2 is 1.90 bits per heavy atom. The first kappa shape index (κ1) is 21.4. The van der Waals surface area contributed by atoms with Crippen molar-refractivity contribution in [3.8, 4) is 5.75 Å². The molecule has 0 saturated carbocycles. The number of nitrogens with one attached hydrogen (secondary N) is 2. The van der Waals surface area contributed by atoms with E-state index in [4.69, 9.17) is 4.63 Å². The van der Waals surface area contributed by atoms with Crippen LogP contribution in [0.25, 0.3) is 0 Å². The number of nitrogens with zero attached hydrogens (tertiary/aromatic N) is 3. The van der Waals surface area contributed by atoms with Crippen LogP contribution >= 0.6 is 0 Å². The van der Waals surface area contributed by atoms with Gasteiger partial charge in [0.05, 0.1) is 11.7 Å². The summed E-state index contributed by atoms with van der Waals surface area (Å²) in [5.41, 5.74) is 1.02. The van der Waals surface area contributed by atoms with Gasteiger partial charge in [-0.3, -0.25) is 5.32 Å². The van der Waals surface area contributed by atoms with Crippen LogP contribution in [0.5, 0.6) is 5.75 Å². The van der Waals surface area contributed by atoms with Crippen molar-refractivity contribution in [2.24, 2.45) is 0 Å². The molecule has 0 spiro atoms. The molecule has 10 nitrogen and oxygen atoms in total. The molecule has 1 atom stereocenters. The molecule has 3 N–H and O–H groups in total. The second-order valence-electron chi connectivity index (χ2n) is 6.71. The fourth-order valence-electron chi connectivity index (χ4n) is 2.88. The van der Waals surface area contributed by atoms with Crippen LogP contribution in [0.3, 0.4) is 0 Å². The van der Waals surface area contributed by atoms with Crippen LogP contribution in [0.4, 0.5) is 17.3 Å². The van der Waals surface area contributed by atoms with Crippen LogP contribution in [0, 0.1) is 5.21 Å². The molecule has 0 radical (unpaired) electrons. The number of para-hydroxylation sites is 1.